The maximum Gasteiger partial charge on any atom is 0.168 e. The van der Waals surface area contributed by atoms with Crippen LogP contribution in [-0.2, 0) is 6.61 Å². The van der Waals surface area contributed by atoms with Gasteiger partial charge in [-0.3, -0.25) is 0 Å². The third kappa shape index (κ3) is 4.27. The SMILES string of the molecule is CCOc1cccc(CO)c1OCC#Cc1ccccc1. The molecule has 0 bridgehead atoms. The molecule has 0 aromatic heterocycles. The summed E-state index contributed by atoms with van der Waals surface area (Å²) in [5.41, 5.74) is 1.64. The average Bonchev–Trinajstić information content (AvgIpc) is 2.53. The van der Waals surface area contributed by atoms with Gasteiger partial charge in [0.05, 0.1) is 13.2 Å². The molecule has 0 unspecified atom stereocenters. The molecule has 2 aromatic carbocycles. The highest BCUT2D eigenvalue weighted by atomic mass is 16.5. The number of aliphatic hydroxyl groups excluding tert-OH is 1. The lowest BCUT2D eigenvalue weighted by Gasteiger charge is -2.13. The quantitative estimate of drug-likeness (QED) is 0.857. The topological polar surface area (TPSA) is 38.7 Å². The van der Waals surface area contributed by atoms with E-state index < -0.39 is 0 Å². The molecule has 0 spiro atoms. The fraction of sp³-hybridized carbons (Fsp3) is 0.222. The van der Waals surface area contributed by atoms with Crippen molar-refractivity contribution in [2.24, 2.45) is 0 Å². The minimum atomic E-state index is -0.0949. The normalized spacial score (nSPS) is 9.62. The highest BCUT2D eigenvalue weighted by Gasteiger charge is 2.09. The first-order valence-corrected chi connectivity index (χ1v) is 6.87. The summed E-state index contributed by atoms with van der Waals surface area (Å²) in [6, 6.07) is 15.2. The first kappa shape index (κ1) is 15.0. The van der Waals surface area contributed by atoms with Crippen LogP contribution in [0.25, 0.3) is 0 Å². The van der Waals surface area contributed by atoms with Gasteiger partial charge in [0, 0.05) is 11.1 Å². The van der Waals surface area contributed by atoms with Crippen molar-refractivity contribution in [3.63, 3.8) is 0 Å². The van der Waals surface area contributed by atoms with Crippen molar-refractivity contribution in [1.82, 2.24) is 0 Å². The highest BCUT2D eigenvalue weighted by molar-refractivity contribution is 5.46. The second kappa shape index (κ2) is 7.98. The van der Waals surface area contributed by atoms with Crippen LogP contribution in [0.5, 0.6) is 11.5 Å². The predicted molar refractivity (Wildman–Crippen MR) is 82.3 cm³/mol. The fourth-order valence-corrected chi connectivity index (χ4v) is 1.89. The summed E-state index contributed by atoms with van der Waals surface area (Å²) in [6.07, 6.45) is 0. The minimum absolute atomic E-state index is 0.0949. The molecule has 0 fully saturated rings. The predicted octanol–water partition coefficient (Wildman–Crippen LogP) is 3.01. The molecule has 1 N–H and O–H groups in total. The molecule has 108 valence electrons. The van der Waals surface area contributed by atoms with Gasteiger partial charge in [-0.05, 0) is 25.1 Å². The summed E-state index contributed by atoms with van der Waals surface area (Å²) in [4.78, 5) is 0. The number of hydrogen-bond donors (Lipinski definition) is 1. The minimum Gasteiger partial charge on any atom is -0.490 e. The number of benzene rings is 2. The lowest BCUT2D eigenvalue weighted by molar-refractivity contribution is 0.260. The summed E-state index contributed by atoms with van der Waals surface area (Å²) in [5.74, 6) is 7.18. The molecule has 2 aromatic rings. The third-order valence-electron chi connectivity index (χ3n) is 2.83. The Bertz CT molecular complexity index is 624. The Morgan fingerprint density at radius 3 is 2.52 bits per heavy atom. The summed E-state index contributed by atoms with van der Waals surface area (Å²) in [5, 5.41) is 9.37. The van der Waals surface area contributed by atoms with Crippen molar-refractivity contribution in [3.8, 4) is 23.3 Å². The van der Waals surface area contributed by atoms with E-state index >= 15 is 0 Å². The summed E-state index contributed by atoms with van der Waals surface area (Å²) in [7, 11) is 0. The van der Waals surface area contributed by atoms with Gasteiger partial charge in [0.2, 0.25) is 0 Å². The number of para-hydroxylation sites is 1. The van der Waals surface area contributed by atoms with Gasteiger partial charge in [0.15, 0.2) is 11.5 Å². The van der Waals surface area contributed by atoms with Crippen LogP contribution in [0.3, 0.4) is 0 Å². The van der Waals surface area contributed by atoms with Crippen molar-refractivity contribution < 1.29 is 14.6 Å². The number of ether oxygens (including phenoxy) is 2. The van der Waals surface area contributed by atoms with Gasteiger partial charge in [-0.25, -0.2) is 0 Å². The molecule has 0 saturated carbocycles. The van der Waals surface area contributed by atoms with Crippen molar-refractivity contribution in [1.29, 1.82) is 0 Å². The fourth-order valence-electron chi connectivity index (χ4n) is 1.89. The van der Waals surface area contributed by atoms with E-state index in [1.54, 1.807) is 0 Å². The number of aliphatic hydroxyl groups is 1. The first-order chi connectivity index (χ1) is 10.3. The van der Waals surface area contributed by atoms with Crippen molar-refractivity contribution >= 4 is 0 Å². The van der Waals surface area contributed by atoms with E-state index in [4.69, 9.17) is 9.47 Å². The molecular formula is C18H18O3. The Balaban J connectivity index is 2.07. The van der Waals surface area contributed by atoms with Crippen LogP contribution in [0.1, 0.15) is 18.1 Å². The number of rotatable bonds is 5. The Hall–Kier alpha value is -2.44. The molecule has 2 rings (SSSR count). The largest absolute Gasteiger partial charge is 0.490 e. The van der Waals surface area contributed by atoms with E-state index in [2.05, 4.69) is 11.8 Å². The summed E-state index contributed by atoms with van der Waals surface area (Å²) >= 11 is 0. The van der Waals surface area contributed by atoms with E-state index in [0.717, 1.165) is 5.56 Å². The summed E-state index contributed by atoms with van der Waals surface area (Å²) < 4.78 is 11.2. The van der Waals surface area contributed by atoms with Crippen LogP contribution in [0, 0.1) is 11.8 Å². The molecule has 0 heterocycles. The summed E-state index contributed by atoms with van der Waals surface area (Å²) in [6.45, 7) is 2.60. The van der Waals surface area contributed by atoms with Crippen LogP contribution in [-0.4, -0.2) is 18.3 Å². The van der Waals surface area contributed by atoms with Crippen LogP contribution in [0.15, 0.2) is 48.5 Å². The van der Waals surface area contributed by atoms with Gasteiger partial charge in [0.1, 0.15) is 6.61 Å². The Morgan fingerprint density at radius 2 is 1.81 bits per heavy atom. The van der Waals surface area contributed by atoms with E-state index in [1.165, 1.54) is 0 Å². The number of hydrogen-bond acceptors (Lipinski definition) is 3. The highest BCUT2D eigenvalue weighted by Crippen LogP contribution is 2.31. The van der Waals surface area contributed by atoms with Gasteiger partial charge in [-0.1, -0.05) is 42.2 Å². The van der Waals surface area contributed by atoms with E-state index in [9.17, 15) is 5.11 Å². The third-order valence-corrected chi connectivity index (χ3v) is 2.83. The van der Waals surface area contributed by atoms with Crippen molar-refractivity contribution in [2.75, 3.05) is 13.2 Å². The lowest BCUT2D eigenvalue weighted by Crippen LogP contribution is -2.02. The molecule has 0 aliphatic rings. The monoisotopic (exact) mass is 282 g/mol. The van der Waals surface area contributed by atoms with Gasteiger partial charge in [-0.15, -0.1) is 0 Å². The zero-order valence-electron chi connectivity index (χ0n) is 12.0. The van der Waals surface area contributed by atoms with Crippen LogP contribution >= 0.6 is 0 Å². The smallest absolute Gasteiger partial charge is 0.168 e. The zero-order chi connectivity index (χ0) is 14.9. The molecule has 0 aliphatic carbocycles. The molecule has 0 atom stereocenters. The van der Waals surface area contributed by atoms with Crippen LogP contribution in [0.4, 0.5) is 0 Å². The Kier molecular flexibility index (Phi) is 5.69. The van der Waals surface area contributed by atoms with Crippen molar-refractivity contribution in [2.45, 2.75) is 13.5 Å². The van der Waals surface area contributed by atoms with Crippen LogP contribution < -0.4 is 9.47 Å². The Labute approximate surface area is 125 Å². The standard InChI is InChI=1S/C18H18O3/c1-2-20-17-12-6-11-16(14-19)18(17)21-13-7-10-15-8-4-3-5-9-15/h3-6,8-9,11-12,19H,2,13-14H2,1H3. The van der Waals surface area contributed by atoms with Gasteiger partial charge < -0.3 is 14.6 Å². The second-order valence-corrected chi connectivity index (χ2v) is 4.29. The molecule has 3 heteroatoms. The zero-order valence-corrected chi connectivity index (χ0v) is 12.0. The van der Waals surface area contributed by atoms with E-state index in [0.29, 0.717) is 23.7 Å². The Morgan fingerprint density at radius 1 is 1.00 bits per heavy atom. The van der Waals surface area contributed by atoms with Gasteiger partial charge in [-0.2, -0.15) is 0 Å². The lowest BCUT2D eigenvalue weighted by atomic mass is 10.2. The van der Waals surface area contributed by atoms with Gasteiger partial charge in [0.25, 0.3) is 0 Å². The molecule has 0 saturated heterocycles. The average molecular weight is 282 g/mol. The van der Waals surface area contributed by atoms with Crippen molar-refractivity contribution in [3.05, 3.63) is 59.7 Å². The molecule has 21 heavy (non-hydrogen) atoms. The molecule has 0 radical (unpaired) electrons. The maximum absolute atomic E-state index is 9.37. The molecular weight excluding hydrogens is 264 g/mol. The molecule has 0 amide bonds. The molecule has 0 aliphatic heterocycles. The van der Waals surface area contributed by atoms with E-state index in [1.807, 2.05) is 55.5 Å². The molecule has 3 nitrogen and oxygen atoms in total. The first-order valence-electron chi connectivity index (χ1n) is 6.87. The van der Waals surface area contributed by atoms with Gasteiger partial charge >= 0.3 is 0 Å². The second-order valence-electron chi connectivity index (χ2n) is 4.29. The van der Waals surface area contributed by atoms with Crippen LogP contribution in [0.2, 0.25) is 0 Å². The maximum atomic E-state index is 9.37. The van der Waals surface area contributed by atoms with E-state index in [-0.39, 0.29) is 13.2 Å².